The lowest BCUT2D eigenvalue weighted by Crippen LogP contribution is -2.41. The van der Waals surface area contributed by atoms with Gasteiger partial charge in [0, 0.05) is 0 Å². The van der Waals surface area contributed by atoms with Crippen molar-refractivity contribution in [3.8, 4) is 0 Å². The van der Waals surface area contributed by atoms with Gasteiger partial charge in [-0.25, -0.2) is 0 Å². The Kier molecular flexibility index (Phi) is 12.9. The standard InChI is InChI=1S/C18H44N2Si2/c1-21(2,3)19-17-15-13-11-9-7-8-10-12-14-16-18-20-22(4,5)6/h19-20H,7-18H2,1-6H3. The molecule has 0 amide bonds. The number of rotatable bonds is 15. The van der Waals surface area contributed by atoms with E-state index in [1.165, 1.54) is 77.3 Å². The summed E-state index contributed by atoms with van der Waals surface area (Å²) in [5.74, 6) is 0. The normalized spacial score (nSPS) is 12.8. The van der Waals surface area contributed by atoms with Crippen molar-refractivity contribution in [1.82, 2.24) is 9.96 Å². The van der Waals surface area contributed by atoms with Gasteiger partial charge >= 0.3 is 0 Å². The SMILES string of the molecule is C[Si](C)(C)NCCCCCCCCCCCCN[Si](C)(C)C. The molecule has 2 nitrogen and oxygen atoms in total. The van der Waals surface area contributed by atoms with E-state index < -0.39 is 16.5 Å². The smallest absolute Gasteiger partial charge is 0.116 e. The molecule has 4 heteroatoms. The third-order valence-electron chi connectivity index (χ3n) is 3.91. The molecule has 0 rings (SSSR count). The zero-order valence-electron chi connectivity index (χ0n) is 16.5. The molecule has 0 bridgehead atoms. The number of hydrogen-bond acceptors (Lipinski definition) is 2. The largest absolute Gasteiger partial charge is 0.337 e. The summed E-state index contributed by atoms with van der Waals surface area (Å²) in [7, 11) is -2.04. The molecule has 22 heavy (non-hydrogen) atoms. The van der Waals surface area contributed by atoms with Gasteiger partial charge in [-0.2, -0.15) is 0 Å². The van der Waals surface area contributed by atoms with Gasteiger partial charge in [-0.3, -0.25) is 0 Å². The van der Waals surface area contributed by atoms with Crippen molar-refractivity contribution in [2.24, 2.45) is 0 Å². The van der Waals surface area contributed by atoms with E-state index in [0.717, 1.165) is 0 Å². The van der Waals surface area contributed by atoms with Crippen molar-refractivity contribution in [3.05, 3.63) is 0 Å². The lowest BCUT2D eigenvalue weighted by atomic mass is 10.1. The minimum atomic E-state index is -1.02. The van der Waals surface area contributed by atoms with E-state index in [0.29, 0.717) is 0 Å². The second-order valence-corrected chi connectivity index (χ2v) is 18.6. The van der Waals surface area contributed by atoms with Gasteiger partial charge in [-0.15, -0.1) is 0 Å². The maximum atomic E-state index is 3.70. The molecule has 134 valence electrons. The first-order valence-corrected chi connectivity index (χ1v) is 16.7. The van der Waals surface area contributed by atoms with Crippen molar-refractivity contribution in [2.75, 3.05) is 13.1 Å². The van der Waals surface area contributed by atoms with E-state index in [1.54, 1.807) is 0 Å². The summed E-state index contributed by atoms with van der Waals surface area (Å²) in [4.78, 5) is 7.41. The Hall–Kier alpha value is 0.354. The molecule has 0 aromatic heterocycles. The Labute approximate surface area is 143 Å². The van der Waals surface area contributed by atoms with Gasteiger partial charge in [0.05, 0.1) is 0 Å². The first-order valence-electron chi connectivity index (χ1n) is 9.71. The Bertz CT molecular complexity index is 218. The van der Waals surface area contributed by atoms with Gasteiger partial charge in [-0.1, -0.05) is 90.6 Å². The fourth-order valence-electron chi connectivity index (χ4n) is 2.59. The molecule has 0 aromatic rings. The number of nitrogens with one attached hydrogen (secondary N) is 2. The van der Waals surface area contributed by atoms with Crippen LogP contribution in [-0.2, 0) is 0 Å². The predicted octanol–water partition coefficient (Wildman–Crippen LogP) is 5.74. The van der Waals surface area contributed by atoms with E-state index in [1.807, 2.05) is 0 Å². The van der Waals surface area contributed by atoms with Gasteiger partial charge in [0.25, 0.3) is 0 Å². The van der Waals surface area contributed by atoms with Crippen molar-refractivity contribution >= 4 is 16.5 Å². The topological polar surface area (TPSA) is 24.1 Å². The summed E-state index contributed by atoms with van der Waals surface area (Å²) < 4.78 is 0. The van der Waals surface area contributed by atoms with Crippen LogP contribution in [0.4, 0.5) is 0 Å². The average Bonchev–Trinajstić information content (AvgIpc) is 2.36. The molecule has 0 radical (unpaired) electrons. The minimum absolute atomic E-state index is 1.02. The molecular formula is C18H44N2Si2. The summed E-state index contributed by atoms with van der Waals surface area (Å²) >= 11 is 0. The number of hydrogen-bond donors (Lipinski definition) is 2. The van der Waals surface area contributed by atoms with Crippen LogP contribution in [0.25, 0.3) is 0 Å². The van der Waals surface area contributed by atoms with Gasteiger partial charge in [-0.05, 0) is 25.9 Å². The van der Waals surface area contributed by atoms with E-state index >= 15 is 0 Å². The first kappa shape index (κ1) is 22.4. The third kappa shape index (κ3) is 20.4. The second-order valence-electron chi connectivity index (χ2n) is 8.89. The van der Waals surface area contributed by atoms with Crippen molar-refractivity contribution < 1.29 is 0 Å². The average molecular weight is 345 g/mol. The summed E-state index contributed by atoms with van der Waals surface area (Å²) in [6, 6.07) is 0. The van der Waals surface area contributed by atoms with Crippen LogP contribution >= 0.6 is 0 Å². The molecule has 0 aliphatic rings. The Morgan fingerprint density at radius 2 is 0.636 bits per heavy atom. The zero-order valence-corrected chi connectivity index (χ0v) is 18.5. The molecule has 0 heterocycles. The summed E-state index contributed by atoms with van der Waals surface area (Å²) in [5, 5.41) is 0. The monoisotopic (exact) mass is 344 g/mol. The van der Waals surface area contributed by atoms with Gasteiger partial charge in [0.1, 0.15) is 16.5 Å². The third-order valence-corrected chi connectivity index (χ3v) is 6.54. The van der Waals surface area contributed by atoms with Gasteiger partial charge < -0.3 is 9.96 Å². The van der Waals surface area contributed by atoms with E-state index in [-0.39, 0.29) is 0 Å². The highest BCUT2D eigenvalue weighted by Gasteiger charge is 2.11. The molecule has 0 spiro atoms. The lowest BCUT2D eigenvalue weighted by molar-refractivity contribution is 0.549. The van der Waals surface area contributed by atoms with Crippen LogP contribution in [0.1, 0.15) is 64.2 Å². The quantitative estimate of drug-likeness (QED) is 0.292. The molecule has 0 aliphatic carbocycles. The maximum Gasteiger partial charge on any atom is 0.116 e. The molecule has 0 saturated heterocycles. The summed E-state index contributed by atoms with van der Waals surface area (Å²) in [6.07, 6.45) is 14.3. The van der Waals surface area contributed by atoms with Gasteiger partial charge in [0.2, 0.25) is 0 Å². The summed E-state index contributed by atoms with van der Waals surface area (Å²) in [5.41, 5.74) is 0. The second kappa shape index (κ2) is 12.7. The van der Waals surface area contributed by atoms with E-state index in [9.17, 15) is 0 Å². The molecule has 0 fully saturated rings. The van der Waals surface area contributed by atoms with Crippen LogP contribution in [0.15, 0.2) is 0 Å². The maximum absolute atomic E-state index is 3.70. The molecule has 2 N–H and O–H groups in total. The Morgan fingerprint density at radius 1 is 0.409 bits per heavy atom. The summed E-state index contributed by atoms with van der Waals surface area (Å²) in [6.45, 7) is 16.8. The lowest BCUT2D eigenvalue weighted by Gasteiger charge is -2.17. The van der Waals surface area contributed by atoms with Gasteiger partial charge in [0.15, 0.2) is 0 Å². The van der Waals surface area contributed by atoms with Crippen LogP contribution in [0.3, 0.4) is 0 Å². The highest BCUT2D eigenvalue weighted by Crippen LogP contribution is 2.10. The van der Waals surface area contributed by atoms with Crippen LogP contribution in [0.2, 0.25) is 39.3 Å². The zero-order chi connectivity index (χ0) is 16.9. The first-order chi connectivity index (χ1) is 10.2. The van der Waals surface area contributed by atoms with Crippen LogP contribution < -0.4 is 9.96 Å². The Morgan fingerprint density at radius 3 is 0.864 bits per heavy atom. The van der Waals surface area contributed by atoms with Crippen LogP contribution in [0.5, 0.6) is 0 Å². The van der Waals surface area contributed by atoms with Crippen molar-refractivity contribution in [3.63, 3.8) is 0 Å². The number of unbranched alkanes of at least 4 members (excludes halogenated alkanes) is 9. The predicted molar refractivity (Wildman–Crippen MR) is 109 cm³/mol. The molecule has 0 saturated carbocycles. The highest BCUT2D eigenvalue weighted by molar-refractivity contribution is 6.73. The van der Waals surface area contributed by atoms with Crippen LogP contribution in [0, 0.1) is 0 Å². The molecule has 0 unspecified atom stereocenters. The fraction of sp³-hybridized carbons (Fsp3) is 1.00. The molecule has 0 aliphatic heterocycles. The van der Waals surface area contributed by atoms with Crippen LogP contribution in [-0.4, -0.2) is 29.6 Å². The van der Waals surface area contributed by atoms with E-state index in [4.69, 9.17) is 0 Å². The van der Waals surface area contributed by atoms with Crippen molar-refractivity contribution in [2.45, 2.75) is 103 Å². The molecular weight excluding hydrogens is 300 g/mol. The molecule has 0 aromatic carbocycles. The fourth-order valence-corrected chi connectivity index (χ4v) is 4.44. The highest BCUT2D eigenvalue weighted by atomic mass is 28.3. The molecule has 0 atom stereocenters. The Balaban J connectivity index is 3.09. The van der Waals surface area contributed by atoms with Crippen molar-refractivity contribution in [1.29, 1.82) is 0 Å². The minimum Gasteiger partial charge on any atom is -0.337 e. The van der Waals surface area contributed by atoms with E-state index in [2.05, 4.69) is 49.2 Å².